The van der Waals surface area contributed by atoms with E-state index in [9.17, 15) is 10.1 Å². The number of nitro benzene ring substituents is 1. The molecule has 3 rings (SSSR count). The molecule has 1 saturated heterocycles. The Labute approximate surface area is 116 Å². The SMILES string of the molecule is C[C@H]1CN(c2ccc([N+](=O)[O-])c3ncccc23)CCN1. The van der Waals surface area contributed by atoms with Crippen molar-refractivity contribution in [1.29, 1.82) is 0 Å². The number of hydrogen-bond donors (Lipinski definition) is 1. The van der Waals surface area contributed by atoms with Gasteiger partial charge in [0.05, 0.1) is 4.92 Å². The first-order valence-electron chi connectivity index (χ1n) is 6.67. The summed E-state index contributed by atoms with van der Waals surface area (Å²) >= 11 is 0. The van der Waals surface area contributed by atoms with Crippen molar-refractivity contribution < 1.29 is 4.92 Å². The zero-order chi connectivity index (χ0) is 14.1. The first-order valence-corrected chi connectivity index (χ1v) is 6.67. The van der Waals surface area contributed by atoms with Gasteiger partial charge in [-0.15, -0.1) is 0 Å². The van der Waals surface area contributed by atoms with Crippen LogP contribution in [0.4, 0.5) is 11.4 Å². The van der Waals surface area contributed by atoms with Crippen molar-refractivity contribution in [2.24, 2.45) is 0 Å². The van der Waals surface area contributed by atoms with Gasteiger partial charge in [-0.1, -0.05) is 0 Å². The first kappa shape index (κ1) is 12.8. The predicted molar refractivity (Wildman–Crippen MR) is 78.1 cm³/mol. The highest BCUT2D eigenvalue weighted by Gasteiger charge is 2.21. The van der Waals surface area contributed by atoms with E-state index in [1.807, 2.05) is 18.2 Å². The number of nitro groups is 1. The van der Waals surface area contributed by atoms with Crippen molar-refractivity contribution in [1.82, 2.24) is 10.3 Å². The van der Waals surface area contributed by atoms with Gasteiger partial charge in [-0.25, -0.2) is 4.98 Å². The van der Waals surface area contributed by atoms with Crippen LogP contribution < -0.4 is 10.2 Å². The fraction of sp³-hybridized carbons (Fsp3) is 0.357. The third-order valence-electron chi connectivity index (χ3n) is 3.63. The number of fused-ring (bicyclic) bond motifs is 1. The van der Waals surface area contributed by atoms with E-state index in [0.29, 0.717) is 11.6 Å². The number of anilines is 1. The molecule has 0 aliphatic carbocycles. The Kier molecular flexibility index (Phi) is 3.23. The number of piperazine rings is 1. The third kappa shape index (κ3) is 2.18. The first-order chi connectivity index (χ1) is 9.66. The fourth-order valence-corrected chi connectivity index (χ4v) is 2.72. The molecule has 0 amide bonds. The lowest BCUT2D eigenvalue weighted by atomic mass is 10.1. The summed E-state index contributed by atoms with van der Waals surface area (Å²) in [5.41, 5.74) is 1.54. The average Bonchev–Trinajstić information content (AvgIpc) is 2.46. The molecule has 20 heavy (non-hydrogen) atoms. The van der Waals surface area contributed by atoms with E-state index >= 15 is 0 Å². The van der Waals surface area contributed by atoms with Gasteiger partial charge >= 0.3 is 0 Å². The highest BCUT2D eigenvalue weighted by atomic mass is 16.6. The predicted octanol–water partition coefficient (Wildman–Crippen LogP) is 1.94. The standard InChI is InChI=1S/C14H16N4O2/c1-10-9-17(8-7-15-10)12-4-5-13(18(19)20)14-11(12)3-2-6-16-14/h2-6,10,15H,7-9H2,1H3/t10-/m0/s1. The second-order valence-electron chi connectivity index (χ2n) is 5.06. The number of benzene rings is 1. The van der Waals surface area contributed by atoms with E-state index < -0.39 is 0 Å². The Morgan fingerprint density at radius 1 is 1.45 bits per heavy atom. The van der Waals surface area contributed by atoms with Crippen LogP contribution in [0.1, 0.15) is 6.92 Å². The molecule has 0 bridgehead atoms. The van der Waals surface area contributed by atoms with Gasteiger partial charge in [0.15, 0.2) is 0 Å². The van der Waals surface area contributed by atoms with Crippen LogP contribution in [0.2, 0.25) is 0 Å². The maximum Gasteiger partial charge on any atom is 0.295 e. The van der Waals surface area contributed by atoms with Crippen molar-refractivity contribution in [3.8, 4) is 0 Å². The van der Waals surface area contributed by atoms with Crippen LogP contribution in [0.25, 0.3) is 10.9 Å². The van der Waals surface area contributed by atoms with E-state index in [1.165, 1.54) is 0 Å². The Hall–Kier alpha value is -2.21. The molecule has 1 aromatic heterocycles. The number of nitrogens with one attached hydrogen (secondary N) is 1. The minimum Gasteiger partial charge on any atom is -0.368 e. The molecule has 2 heterocycles. The quantitative estimate of drug-likeness (QED) is 0.668. The number of rotatable bonds is 2. The molecule has 104 valence electrons. The van der Waals surface area contributed by atoms with Crippen LogP contribution in [0.15, 0.2) is 30.5 Å². The number of hydrogen-bond acceptors (Lipinski definition) is 5. The van der Waals surface area contributed by atoms with Crippen LogP contribution in [-0.2, 0) is 0 Å². The van der Waals surface area contributed by atoms with Crippen molar-refractivity contribution in [3.05, 3.63) is 40.6 Å². The molecule has 0 radical (unpaired) electrons. The zero-order valence-electron chi connectivity index (χ0n) is 11.2. The molecular formula is C14H16N4O2. The van der Waals surface area contributed by atoms with Crippen LogP contribution in [0, 0.1) is 10.1 Å². The maximum absolute atomic E-state index is 11.1. The lowest BCUT2D eigenvalue weighted by Crippen LogP contribution is -2.49. The van der Waals surface area contributed by atoms with Crippen molar-refractivity contribution in [2.45, 2.75) is 13.0 Å². The Morgan fingerprint density at radius 3 is 3.05 bits per heavy atom. The summed E-state index contributed by atoms with van der Waals surface area (Å²) in [6.45, 7) is 4.84. The summed E-state index contributed by atoms with van der Waals surface area (Å²) < 4.78 is 0. The molecule has 0 saturated carbocycles. The number of pyridine rings is 1. The summed E-state index contributed by atoms with van der Waals surface area (Å²) in [4.78, 5) is 17.2. The van der Waals surface area contributed by atoms with Gasteiger partial charge in [0.2, 0.25) is 0 Å². The van der Waals surface area contributed by atoms with Gasteiger partial charge in [-0.3, -0.25) is 10.1 Å². The third-order valence-corrected chi connectivity index (χ3v) is 3.63. The second-order valence-corrected chi connectivity index (χ2v) is 5.06. The number of aromatic nitrogens is 1. The molecule has 6 heteroatoms. The molecule has 6 nitrogen and oxygen atoms in total. The molecule has 1 atom stereocenters. The Bertz CT molecular complexity index is 659. The van der Waals surface area contributed by atoms with E-state index in [0.717, 1.165) is 30.7 Å². The molecule has 1 aliphatic heterocycles. The van der Waals surface area contributed by atoms with Crippen LogP contribution in [0.3, 0.4) is 0 Å². The van der Waals surface area contributed by atoms with Crippen molar-refractivity contribution in [2.75, 3.05) is 24.5 Å². The molecule has 0 spiro atoms. The molecule has 1 aliphatic rings. The van der Waals surface area contributed by atoms with E-state index in [4.69, 9.17) is 0 Å². The molecule has 1 fully saturated rings. The van der Waals surface area contributed by atoms with Gasteiger partial charge in [0.25, 0.3) is 5.69 Å². The highest BCUT2D eigenvalue weighted by molar-refractivity contribution is 5.97. The zero-order valence-corrected chi connectivity index (χ0v) is 11.2. The second kappa shape index (κ2) is 5.05. The monoisotopic (exact) mass is 272 g/mol. The van der Waals surface area contributed by atoms with Gasteiger partial charge in [-0.2, -0.15) is 0 Å². The van der Waals surface area contributed by atoms with Gasteiger partial charge in [-0.05, 0) is 25.1 Å². The summed E-state index contributed by atoms with van der Waals surface area (Å²) in [6, 6.07) is 7.52. The van der Waals surface area contributed by atoms with E-state index in [1.54, 1.807) is 12.3 Å². The van der Waals surface area contributed by atoms with E-state index in [-0.39, 0.29) is 10.6 Å². The molecule has 0 unspecified atom stereocenters. The lowest BCUT2D eigenvalue weighted by Gasteiger charge is -2.34. The number of non-ortho nitro benzene ring substituents is 1. The minimum absolute atomic E-state index is 0.0625. The average molecular weight is 272 g/mol. The largest absolute Gasteiger partial charge is 0.368 e. The van der Waals surface area contributed by atoms with Crippen LogP contribution >= 0.6 is 0 Å². The van der Waals surface area contributed by atoms with Crippen LogP contribution in [-0.4, -0.2) is 35.6 Å². The van der Waals surface area contributed by atoms with Crippen molar-refractivity contribution in [3.63, 3.8) is 0 Å². The van der Waals surface area contributed by atoms with Gasteiger partial charge in [0, 0.05) is 49.0 Å². The Balaban J connectivity index is 2.12. The fourth-order valence-electron chi connectivity index (χ4n) is 2.72. The Morgan fingerprint density at radius 2 is 2.30 bits per heavy atom. The molecule has 2 aromatic rings. The molecule has 1 aromatic carbocycles. The summed E-state index contributed by atoms with van der Waals surface area (Å²) in [6.07, 6.45) is 1.60. The molecular weight excluding hydrogens is 256 g/mol. The minimum atomic E-state index is -0.375. The molecule has 1 N–H and O–H groups in total. The normalized spacial score (nSPS) is 19.2. The van der Waals surface area contributed by atoms with Gasteiger partial charge in [0.1, 0.15) is 5.52 Å². The smallest absolute Gasteiger partial charge is 0.295 e. The topological polar surface area (TPSA) is 71.3 Å². The number of nitrogens with zero attached hydrogens (tertiary/aromatic N) is 3. The van der Waals surface area contributed by atoms with Gasteiger partial charge < -0.3 is 10.2 Å². The van der Waals surface area contributed by atoms with Crippen molar-refractivity contribution >= 4 is 22.3 Å². The lowest BCUT2D eigenvalue weighted by molar-refractivity contribution is -0.383. The maximum atomic E-state index is 11.1. The summed E-state index contributed by atoms with van der Waals surface area (Å²) in [7, 11) is 0. The van der Waals surface area contributed by atoms with E-state index in [2.05, 4.69) is 22.1 Å². The summed E-state index contributed by atoms with van der Waals surface area (Å²) in [5, 5.41) is 15.3. The summed E-state index contributed by atoms with van der Waals surface area (Å²) in [5.74, 6) is 0. The van der Waals surface area contributed by atoms with Crippen LogP contribution in [0.5, 0.6) is 0 Å². The highest BCUT2D eigenvalue weighted by Crippen LogP contribution is 2.32.